The molecule has 0 bridgehead atoms. The molecule has 0 atom stereocenters. The summed E-state index contributed by atoms with van der Waals surface area (Å²) < 4.78 is 0. The highest BCUT2D eigenvalue weighted by molar-refractivity contribution is 5.78. The Morgan fingerprint density at radius 2 is 1.91 bits per heavy atom. The van der Waals surface area contributed by atoms with Gasteiger partial charge >= 0.3 is 0 Å². The van der Waals surface area contributed by atoms with Crippen LogP contribution in [0.5, 0.6) is 0 Å². The van der Waals surface area contributed by atoms with Gasteiger partial charge in [0.2, 0.25) is 0 Å². The molecule has 0 radical (unpaired) electrons. The molecule has 1 nitrogen and oxygen atoms in total. The number of rotatable bonds is 4. The van der Waals surface area contributed by atoms with Crippen LogP contribution in [-0.4, -0.2) is 18.5 Å². The van der Waals surface area contributed by atoms with Gasteiger partial charge in [0.15, 0.2) is 0 Å². The Kier molecular flexibility index (Phi) is 7.18. The maximum atomic E-state index is 3.87. The van der Waals surface area contributed by atoms with Crippen LogP contribution in [-0.2, 0) is 0 Å². The molecule has 0 aliphatic carbocycles. The minimum absolute atomic E-state index is 0.979. The van der Waals surface area contributed by atoms with Crippen molar-refractivity contribution in [3.8, 4) is 0 Å². The SMILES string of the molecule is C=C/C=C(\C=C)c1cccc(C2=CC=C(C)CN2C)c1.CC. The first-order valence-corrected chi connectivity index (χ1v) is 7.80. The van der Waals surface area contributed by atoms with Gasteiger partial charge in [0.25, 0.3) is 0 Å². The lowest BCUT2D eigenvalue weighted by Crippen LogP contribution is -2.21. The van der Waals surface area contributed by atoms with E-state index in [0.29, 0.717) is 0 Å². The molecule has 22 heavy (non-hydrogen) atoms. The molecule has 0 saturated carbocycles. The van der Waals surface area contributed by atoms with Crippen LogP contribution in [0.25, 0.3) is 11.3 Å². The lowest BCUT2D eigenvalue weighted by atomic mass is 9.99. The quantitative estimate of drug-likeness (QED) is 0.643. The second-order valence-corrected chi connectivity index (χ2v) is 5.06. The average Bonchev–Trinajstić information content (AvgIpc) is 2.54. The van der Waals surface area contributed by atoms with E-state index in [0.717, 1.165) is 17.7 Å². The first-order chi connectivity index (χ1) is 10.7. The van der Waals surface area contributed by atoms with Crippen molar-refractivity contribution in [1.29, 1.82) is 0 Å². The normalized spacial score (nSPS) is 14.4. The molecule has 1 aliphatic rings. The van der Waals surface area contributed by atoms with E-state index in [2.05, 4.69) is 68.4 Å². The Morgan fingerprint density at radius 3 is 2.50 bits per heavy atom. The van der Waals surface area contributed by atoms with E-state index in [9.17, 15) is 0 Å². The fourth-order valence-electron chi connectivity index (χ4n) is 2.44. The van der Waals surface area contributed by atoms with E-state index in [-0.39, 0.29) is 0 Å². The van der Waals surface area contributed by atoms with Gasteiger partial charge in [0, 0.05) is 19.3 Å². The Morgan fingerprint density at radius 1 is 1.18 bits per heavy atom. The Balaban J connectivity index is 0.00000116. The summed E-state index contributed by atoms with van der Waals surface area (Å²) in [5.74, 6) is 0. The van der Waals surface area contributed by atoms with Crippen molar-refractivity contribution in [3.05, 3.63) is 84.5 Å². The summed E-state index contributed by atoms with van der Waals surface area (Å²) in [6.45, 7) is 14.8. The van der Waals surface area contributed by atoms with Crippen molar-refractivity contribution in [2.45, 2.75) is 20.8 Å². The van der Waals surface area contributed by atoms with Crippen molar-refractivity contribution in [2.75, 3.05) is 13.6 Å². The van der Waals surface area contributed by atoms with Gasteiger partial charge in [0.05, 0.1) is 0 Å². The molecule has 0 aromatic heterocycles. The van der Waals surface area contributed by atoms with Gasteiger partial charge in [-0.2, -0.15) is 0 Å². The maximum absolute atomic E-state index is 3.87. The summed E-state index contributed by atoms with van der Waals surface area (Å²) in [6, 6.07) is 8.54. The smallest absolute Gasteiger partial charge is 0.0440 e. The van der Waals surface area contributed by atoms with Gasteiger partial charge in [-0.1, -0.05) is 75.1 Å². The van der Waals surface area contributed by atoms with Crippen LogP contribution < -0.4 is 0 Å². The van der Waals surface area contributed by atoms with Crippen LogP contribution in [0.3, 0.4) is 0 Å². The Labute approximate surface area is 135 Å². The van der Waals surface area contributed by atoms with E-state index in [1.807, 2.05) is 26.0 Å². The molecule has 1 aliphatic heterocycles. The lowest BCUT2D eigenvalue weighted by molar-refractivity contribution is 0.516. The molecule has 1 aromatic carbocycles. The van der Waals surface area contributed by atoms with Crippen LogP contribution in [0.4, 0.5) is 0 Å². The molecule has 2 rings (SSSR count). The highest BCUT2D eigenvalue weighted by Gasteiger charge is 2.11. The first-order valence-electron chi connectivity index (χ1n) is 7.80. The molecule has 0 amide bonds. The monoisotopic (exact) mass is 293 g/mol. The summed E-state index contributed by atoms with van der Waals surface area (Å²) in [5.41, 5.74) is 6.11. The van der Waals surface area contributed by atoms with Crippen LogP contribution in [0, 0.1) is 0 Å². The van der Waals surface area contributed by atoms with Crippen molar-refractivity contribution < 1.29 is 0 Å². The van der Waals surface area contributed by atoms with Crippen molar-refractivity contribution in [2.24, 2.45) is 0 Å². The molecule has 0 N–H and O–H groups in total. The molecule has 1 aromatic rings. The average molecular weight is 293 g/mol. The van der Waals surface area contributed by atoms with Crippen molar-refractivity contribution in [3.63, 3.8) is 0 Å². The number of hydrogen-bond donors (Lipinski definition) is 0. The number of benzene rings is 1. The van der Waals surface area contributed by atoms with Crippen LogP contribution in [0.1, 0.15) is 31.9 Å². The molecule has 0 fully saturated rings. The predicted molar refractivity (Wildman–Crippen MR) is 101 cm³/mol. The van der Waals surface area contributed by atoms with Crippen LogP contribution in [0.15, 0.2) is 73.4 Å². The molecule has 1 heteroatoms. The molecule has 0 unspecified atom stereocenters. The predicted octanol–water partition coefficient (Wildman–Crippen LogP) is 5.70. The summed E-state index contributed by atoms with van der Waals surface area (Å²) in [7, 11) is 2.13. The molecular weight excluding hydrogens is 266 g/mol. The maximum Gasteiger partial charge on any atom is 0.0440 e. The minimum Gasteiger partial charge on any atom is -0.370 e. The topological polar surface area (TPSA) is 3.24 Å². The van der Waals surface area contributed by atoms with Gasteiger partial charge in [0.1, 0.15) is 0 Å². The zero-order valence-electron chi connectivity index (χ0n) is 14.3. The van der Waals surface area contributed by atoms with Gasteiger partial charge in [-0.3, -0.25) is 0 Å². The van der Waals surface area contributed by atoms with Crippen LogP contribution >= 0.6 is 0 Å². The van der Waals surface area contributed by atoms with Gasteiger partial charge < -0.3 is 4.90 Å². The molecule has 1 heterocycles. The van der Waals surface area contributed by atoms with E-state index in [1.54, 1.807) is 6.08 Å². The van der Waals surface area contributed by atoms with Crippen molar-refractivity contribution in [1.82, 2.24) is 4.90 Å². The second kappa shape index (κ2) is 8.89. The standard InChI is InChI=1S/C19H21N.C2H6/c1-5-8-16(6-2)17-9-7-10-18(13-17)19-12-11-15(3)14-20(19)4;1-2/h5-13H,1-2,14H2,3-4H3;1-2H3/b16-8+;. The second-order valence-electron chi connectivity index (χ2n) is 5.06. The van der Waals surface area contributed by atoms with E-state index in [4.69, 9.17) is 0 Å². The van der Waals surface area contributed by atoms with E-state index in [1.165, 1.54) is 16.8 Å². The summed E-state index contributed by atoms with van der Waals surface area (Å²) in [6.07, 6.45) is 10.0. The fourth-order valence-corrected chi connectivity index (χ4v) is 2.44. The van der Waals surface area contributed by atoms with Gasteiger partial charge in [-0.25, -0.2) is 0 Å². The summed E-state index contributed by atoms with van der Waals surface area (Å²) >= 11 is 0. The first kappa shape index (κ1) is 17.8. The number of nitrogens with zero attached hydrogens (tertiary/aromatic N) is 1. The molecule has 0 saturated heterocycles. The highest BCUT2D eigenvalue weighted by Crippen LogP contribution is 2.26. The summed E-state index contributed by atoms with van der Waals surface area (Å²) in [4.78, 5) is 2.28. The summed E-state index contributed by atoms with van der Waals surface area (Å²) in [5, 5.41) is 0. The largest absolute Gasteiger partial charge is 0.370 e. The fraction of sp³-hybridized carbons (Fsp3) is 0.238. The van der Waals surface area contributed by atoms with Crippen molar-refractivity contribution >= 4 is 11.3 Å². The Bertz CT molecular complexity index is 615. The van der Waals surface area contributed by atoms with Crippen LogP contribution in [0.2, 0.25) is 0 Å². The van der Waals surface area contributed by atoms with Gasteiger partial charge in [-0.15, -0.1) is 0 Å². The Hall–Kier alpha value is -2.28. The number of allylic oxidation sites excluding steroid dienone is 6. The highest BCUT2D eigenvalue weighted by atomic mass is 15.1. The van der Waals surface area contributed by atoms with Gasteiger partial charge in [-0.05, 0) is 35.8 Å². The molecule has 116 valence electrons. The van der Waals surface area contributed by atoms with E-state index < -0.39 is 0 Å². The zero-order valence-corrected chi connectivity index (χ0v) is 14.3. The van der Waals surface area contributed by atoms with E-state index >= 15 is 0 Å². The third-order valence-electron chi connectivity index (χ3n) is 3.43. The molecule has 0 spiro atoms. The minimum atomic E-state index is 0.979. The molecular formula is C21H27N. The lowest BCUT2D eigenvalue weighted by Gasteiger charge is -2.26. The zero-order chi connectivity index (χ0) is 16.5. The number of likely N-dealkylation sites (N-methyl/N-ethyl adjacent to an activating group) is 1. The third kappa shape index (κ3) is 4.36. The third-order valence-corrected chi connectivity index (χ3v) is 3.43. The number of hydrogen-bond acceptors (Lipinski definition) is 1.